The molecule has 1 saturated carbocycles. The minimum Gasteiger partial charge on any atom is -0.383 e. The third kappa shape index (κ3) is 4.96. The average molecular weight is 541 g/mol. The van der Waals surface area contributed by atoms with E-state index < -0.39 is 0 Å². The van der Waals surface area contributed by atoms with Gasteiger partial charge in [-0.2, -0.15) is 5.10 Å². The molecule has 4 N–H and O–H groups in total. The maximum absolute atomic E-state index is 6.83. The molecule has 0 saturated heterocycles. The molecule has 1 fully saturated rings. The number of aryl methyl sites for hydroxylation is 1. The van der Waals surface area contributed by atoms with Crippen LogP contribution in [0.1, 0.15) is 50.8 Å². The minimum atomic E-state index is -0.197. The zero-order valence-electron chi connectivity index (χ0n) is 22.6. The van der Waals surface area contributed by atoms with E-state index in [1.807, 2.05) is 24.0 Å². The SMILES string of the molecule is C#Cc1cnc2c(Cl)cc(N[C@H](C3=CN(C4CC4)NN3)c3cccc4c3cnn4C)cc2c1NCC(C)(C)C. The van der Waals surface area contributed by atoms with Crippen LogP contribution in [0.3, 0.4) is 0 Å². The van der Waals surface area contributed by atoms with Crippen molar-refractivity contribution in [2.24, 2.45) is 12.5 Å². The number of halogens is 1. The molecule has 0 amide bonds. The Labute approximate surface area is 233 Å². The molecule has 1 aliphatic heterocycles. The van der Waals surface area contributed by atoms with Crippen molar-refractivity contribution in [1.29, 1.82) is 0 Å². The summed E-state index contributed by atoms with van der Waals surface area (Å²) in [6.07, 6.45) is 14.0. The molecule has 8 nitrogen and oxygen atoms in total. The summed E-state index contributed by atoms with van der Waals surface area (Å²) >= 11 is 6.83. The number of hydrogen-bond acceptors (Lipinski definition) is 7. The molecule has 1 aliphatic carbocycles. The fraction of sp³-hybridized carbons (Fsp3) is 0.333. The lowest BCUT2D eigenvalue weighted by atomic mass is 9.96. The number of nitrogens with one attached hydrogen (secondary N) is 4. The summed E-state index contributed by atoms with van der Waals surface area (Å²) in [6, 6.07) is 10.6. The summed E-state index contributed by atoms with van der Waals surface area (Å²) in [5.41, 5.74) is 13.1. The highest BCUT2D eigenvalue weighted by atomic mass is 35.5. The van der Waals surface area contributed by atoms with E-state index in [0.29, 0.717) is 22.1 Å². The van der Waals surface area contributed by atoms with Crippen LogP contribution in [0.5, 0.6) is 0 Å². The van der Waals surface area contributed by atoms with Gasteiger partial charge >= 0.3 is 0 Å². The Morgan fingerprint density at radius 3 is 2.77 bits per heavy atom. The average Bonchev–Trinajstić information content (AvgIpc) is 3.52. The summed E-state index contributed by atoms with van der Waals surface area (Å²) in [6.45, 7) is 7.30. The van der Waals surface area contributed by atoms with Crippen LogP contribution in [0.2, 0.25) is 5.02 Å². The smallest absolute Gasteiger partial charge is 0.0951 e. The van der Waals surface area contributed by atoms with Gasteiger partial charge in [0, 0.05) is 48.5 Å². The molecule has 4 aromatic rings. The molecule has 0 radical (unpaired) electrons. The van der Waals surface area contributed by atoms with E-state index in [1.54, 1.807) is 6.20 Å². The number of hydrogen-bond donors (Lipinski definition) is 4. The maximum Gasteiger partial charge on any atom is 0.0951 e. The number of hydrazine groups is 2. The number of pyridine rings is 1. The van der Waals surface area contributed by atoms with Crippen LogP contribution < -0.4 is 21.6 Å². The van der Waals surface area contributed by atoms with Crippen LogP contribution >= 0.6 is 11.6 Å². The summed E-state index contributed by atoms with van der Waals surface area (Å²) in [5.74, 6) is 2.79. The Morgan fingerprint density at radius 1 is 1.21 bits per heavy atom. The fourth-order valence-electron chi connectivity index (χ4n) is 4.98. The van der Waals surface area contributed by atoms with Gasteiger partial charge in [0.1, 0.15) is 0 Å². The molecule has 0 spiro atoms. The van der Waals surface area contributed by atoms with E-state index in [9.17, 15) is 0 Å². The molecule has 39 heavy (non-hydrogen) atoms. The van der Waals surface area contributed by atoms with E-state index in [-0.39, 0.29) is 11.5 Å². The molecule has 6 rings (SSSR count). The second-order valence-electron chi connectivity index (χ2n) is 11.5. The first-order valence-corrected chi connectivity index (χ1v) is 13.6. The first kappa shape index (κ1) is 25.4. The predicted molar refractivity (Wildman–Crippen MR) is 159 cm³/mol. The number of anilines is 2. The highest BCUT2D eigenvalue weighted by Gasteiger charge is 2.33. The Bertz CT molecular complexity index is 1640. The molecule has 0 unspecified atom stereocenters. The Kier molecular flexibility index (Phi) is 6.29. The number of terminal acetylenes is 1. The maximum atomic E-state index is 6.83. The molecule has 200 valence electrons. The summed E-state index contributed by atoms with van der Waals surface area (Å²) in [5, 5.41) is 16.5. The number of nitrogens with zero attached hydrogens (tertiary/aromatic N) is 4. The Balaban J connectivity index is 1.45. The van der Waals surface area contributed by atoms with Gasteiger partial charge in [-0.15, -0.1) is 12.0 Å². The molecule has 1 atom stereocenters. The molecule has 9 heteroatoms. The number of benzene rings is 2. The zero-order valence-corrected chi connectivity index (χ0v) is 23.4. The van der Waals surface area contributed by atoms with Gasteiger partial charge in [0.25, 0.3) is 0 Å². The van der Waals surface area contributed by atoms with E-state index in [4.69, 9.17) is 18.0 Å². The topological polar surface area (TPSA) is 82.1 Å². The highest BCUT2D eigenvalue weighted by Crippen LogP contribution is 2.38. The quantitative estimate of drug-likeness (QED) is 0.224. The van der Waals surface area contributed by atoms with Crippen molar-refractivity contribution in [1.82, 2.24) is 30.7 Å². The lowest BCUT2D eigenvalue weighted by Crippen LogP contribution is -2.38. The van der Waals surface area contributed by atoms with E-state index in [2.05, 4.69) is 93.8 Å². The minimum absolute atomic E-state index is 0.0651. The van der Waals surface area contributed by atoms with Crippen molar-refractivity contribution >= 4 is 44.8 Å². The number of fused-ring (bicyclic) bond motifs is 2. The van der Waals surface area contributed by atoms with Gasteiger partial charge in [-0.3, -0.25) is 14.7 Å². The lowest BCUT2D eigenvalue weighted by molar-refractivity contribution is 0.260. The molecule has 3 heterocycles. The van der Waals surface area contributed by atoms with Gasteiger partial charge in [0.05, 0.1) is 45.2 Å². The van der Waals surface area contributed by atoms with Crippen LogP contribution in [-0.2, 0) is 7.05 Å². The van der Waals surface area contributed by atoms with Crippen molar-refractivity contribution < 1.29 is 0 Å². The van der Waals surface area contributed by atoms with Crippen molar-refractivity contribution in [2.45, 2.75) is 45.7 Å². The van der Waals surface area contributed by atoms with E-state index in [1.165, 1.54) is 12.8 Å². The van der Waals surface area contributed by atoms with Gasteiger partial charge in [-0.25, -0.2) is 0 Å². The molecule has 2 aliphatic rings. The van der Waals surface area contributed by atoms with Crippen LogP contribution in [-0.4, -0.2) is 32.4 Å². The lowest BCUT2D eigenvalue weighted by Gasteiger charge is -2.24. The van der Waals surface area contributed by atoms with Crippen molar-refractivity contribution in [3.05, 3.63) is 70.8 Å². The van der Waals surface area contributed by atoms with Crippen LogP contribution in [0.4, 0.5) is 11.4 Å². The molecule has 2 aromatic heterocycles. The molecule has 2 aromatic carbocycles. The van der Waals surface area contributed by atoms with E-state index in [0.717, 1.165) is 45.5 Å². The zero-order chi connectivity index (χ0) is 27.3. The first-order valence-electron chi connectivity index (χ1n) is 13.2. The molecule has 0 bridgehead atoms. The normalized spacial score (nSPS) is 16.2. The summed E-state index contributed by atoms with van der Waals surface area (Å²) < 4.78 is 1.90. The van der Waals surface area contributed by atoms with Crippen LogP contribution in [0.25, 0.3) is 21.8 Å². The highest BCUT2D eigenvalue weighted by molar-refractivity contribution is 6.35. The van der Waals surface area contributed by atoms with Gasteiger partial charge in [-0.05, 0) is 42.0 Å². The van der Waals surface area contributed by atoms with Crippen molar-refractivity contribution in [2.75, 3.05) is 17.2 Å². The standard InChI is InChI=1S/C30H33ClN8/c1-6-18-14-32-28-22(27(18)33-17-30(2,3)4)12-19(13-24(28)31)35-29(25-16-39(37-36-25)20-10-11-20)21-8-7-9-26-23(21)15-34-38(26)5/h1,7-9,12-16,20,29,35-37H,10-11,17H2,2-5H3,(H,32,33)/t29-/m0/s1. The molecular formula is C30H33ClN8. The third-order valence-corrected chi connectivity index (χ3v) is 7.47. The summed E-state index contributed by atoms with van der Waals surface area (Å²) in [7, 11) is 1.96. The largest absolute Gasteiger partial charge is 0.383 e. The monoisotopic (exact) mass is 540 g/mol. The first-order chi connectivity index (χ1) is 18.7. The second kappa shape index (κ2) is 9.67. The van der Waals surface area contributed by atoms with Crippen LogP contribution in [0.15, 0.2) is 54.6 Å². The molecular weight excluding hydrogens is 508 g/mol. The van der Waals surface area contributed by atoms with Crippen LogP contribution in [0, 0.1) is 17.8 Å². The van der Waals surface area contributed by atoms with Crippen molar-refractivity contribution in [3.8, 4) is 12.3 Å². The van der Waals surface area contributed by atoms with E-state index >= 15 is 0 Å². The number of rotatable bonds is 7. The summed E-state index contributed by atoms with van der Waals surface area (Å²) in [4.78, 5) is 4.60. The van der Waals surface area contributed by atoms with Gasteiger partial charge in [0.2, 0.25) is 0 Å². The second-order valence-corrected chi connectivity index (χ2v) is 12.0. The third-order valence-electron chi connectivity index (χ3n) is 7.18. The van der Waals surface area contributed by atoms with Gasteiger partial charge < -0.3 is 16.1 Å². The van der Waals surface area contributed by atoms with Gasteiger partial charge in [0.15, 0.2) is 0 Å². The Hall–Kier alpha value is -3.93. The van der Waals surface area contributed by atoms with Crippen molar-refractivity contribution in [3.63, 3.8) is 0 Å². The Morgan fingerprint density at radius 2 is 2.03 bits per heavy atom. The van der Waals surface area contributed by atoms with Gasteiger partial charge in [-0.1, -0.05) is 50.4 Å². The fourth-order valence-corrected chi connectivity index (χ4v) is 5.25. The predicted octanol–water partition coefficient (Wildman–Crippen LogP) is 5.70. The number of aromatic nitrogens is 3.